The van der Waals surface area contributed by atoms with Gasteiger partial charge in [0.05, 0.1) is 0 Å². The van der Waals surface area contributed by atoms with Gasteiger partial charge >= 0.3 is 0 Å². The number of hydrogen-bond acceptors (Lipinski definition) is 3. The predicted octanol–water partition coefficient (Wildman–Crippen LogP) is 1.78. The van der Waals surface area contributed by atoms with E-state index >= 15 is 0 Å². The molecule has 0 aliphatic carbocycles. The molecule has 2 N–H and O–H groups in total. The summed E-state index contributed by atoms with van der Waals surface area (Å²) in [5.41, 5.74) is 5.00. The van der Waals surface area contributed by atoms with Crippen LogP contribution in [0.15, 0.2) is 6.20 Å². The zero-order valence-corrected chi connectivity index (χ0v) is 6.88. The van der Waals surface area contributed by atoms with E-state index in [9.17, 15) is 8.78 Å². The van der Waals surface area contributed by atoms with Crippen molar-refractivity contribution in [3.63, 3.8) is 0 Å². The number of pyridine rings is 1. The van der Waals surface area contributed by atoms with Crippen molar-refractivity contribution < 1.29 is 8.78 Å². The van der Waals surface area contributed by atoms with Gasteiger partial charge in [-0.05, 0) is 12.5 Å². The molecule has 0 unspecified atom stereocenters. The van der Waals surface area contributed by atoms with E-state index < -0.39 is 6.43 Å². The molecule has 5 heteroatoms. The minimum atomic E-state index is -2.69. The zero-order chi connectivity index (χ0) is 10.0. The Hall–Kier alpha value is -1.70. The van der Waals surface area contributed by atoms with Gasteiger partial charge in [0.2, 0.25) is 0 Å². The summed E-state index contributed by atoms with van der Waals surface area (Å²) in [7, 11) is 0. The van der Waals surface area contributed by atoms with Gasteiger partial charge < -0.3 is 5.73 Å². The Bertz CT molecular complexity index is 368. The van der Waals surface area contributed by atoms with Crippen LogP contribution in [0, 0.1) is 18.3 Å². The molecule has 1 aromatic rings. The number of hydrogen-bond donors (Lipinski definition) is 1. The van der Waals surface area contributed by atoms with Crippen molar-refractivity contribution in [2.45, 2.75) is 13.3 Å². The Labute approximate surface area is 73.8 Å². The molecule has 0 radical (unpaired) electrons. The second kappa shape index (κ2) is 3.35. The van der Waals surface area contributed by atoms with Crippen molar-refractivity contribution in [1.82, 2.24) is 4.98 Å². The van der Waals surface area contributed by atoms with Crippen LogP contribution in [0.5, 0.6) is 0 Å². The van der Waals surface area contributed by atoms with Gasteiger partial charge in [-0.1, -0.05) is 0 Å². The molecule has 13 heavy (non-hydrogen) atoms. The Kier molecular flexibility index (Phi) is 2.42. The molecule has 0 amide bonds. The van der Waals surface area contributed by atoms with Crippen LogP contribution in [0.25, 0.3) is 0 Å². The second-order valence-electron chi connectivity index (χ2n) is 2.53. The molecule has 1 aromatic heterocycles. The maximum absolute atomic E-state index is 12.4. The van der Waals surface area contributed by atoms with E-state index in [-0.39, 0.29) is 22.5 Å². The van der Waals surface area contributed by atoms with Crippen LogP contribution >= 0.6 is 0 Å². The third-order valence-corrected chi connectivity index (χ3v) is 1.68. The Morgan fingerprint density at radius 1 is 1.62 bits per heavy atom. The van der Waals surface area contributed by atoms with Crippen LogP contribution < -0.4 is 5.73 Å². The van der Waals surface area contributed by atoms with Gasteiger partial charge in [0.25, 0.3) is 6.43 Å². The molecule has 0 fully saturated rings. The van der Waals surface area contributed by atoms with Gasteiger partial charge in [-0.25, -0.2) is 13.8 Å². The minimum absolute atomic E-state index is 0.150. The third kappa shape index (κ3) is 1.56. The smallest absolute Gasteiger partial charge is 0.265 e. The molecule has 0 aliphatic rings. The first-order valence-corrected chi connectivity index (χ1v) is 3.51. The number of aromatic nitrogens is 1. The van der Waals surface area contributed by atoms with Crippen molar-refractivity contribution >= 4 is 5.82 Å². The predicted molar refractivity (Wildman–Crippen MR) is 43.1 cm³/mol. The quantitative estimate of drug-likeness (QED) is 0.721. The highest BCUT2D eigenvalue weighted by Gasteiger charge is 2.18. The average Bonchev–Trinajstić information content (AvgIpc) is 2.07. The molecule has 1 heterocycles. The van der Waals surface area contributed by atoms with Crippen molar-refractivity contribution in [2.24, 2.45) is 0 Å². The second-order valence-corrected chi connectivity index (χ2v) is 2.53. The van der Waals surface area contributed by atoms with Gasteiger partial charge in [0.15, 0.2) is 0 Å². The molecule has 3 nitrogen and oxygen atoms in total. The number of rotatable bonds is 1. The lowest BCUT2D eigenvalue weighted by Gasteiger charge is -2.07. The fraction of sp³-hybridized carbons (Fsp3) is 0.250. The lowest BCUT2D eigenvalue weighted by Crippen LogP contribution is -2.02. The van der Waals surface area contributed by atoms with Crippen LogP contribution in [0.2, 0.25) is 0 Å². The third-order valence-electron chi connectivity index (χ3n) is 1.68. The molecule has 0 saturated heterocycles. The van der Waals surface area contributed by atoms with Crippen molar-refractivity contribution in [2.75, 3.05) is 5.73 Å². The van der Waals surface area contributed by atoms with Crippen molar-refractivity contribution in [3.05, 3.63) is 22.9 Å². The number of alkyl halides is 2. The highest BCUT2D eigenvalue weighted by atomic mass is 19.3. The molecular formula is C8H7F2N3. The van der Waals surface area contributed by atoms with Gasteiger partial charge in [-0.15, -0.1) is 0 Å². The Morgan fingerprint density at radius 2 is 2.23 bits per heavy atom. The molecule has 68 valence electrons. The molecular weight excluding hydrogens is 176 g/mol. The van der Waals surface area contributed by atoms with Crippen molar-refractivity contribution in [1.29, 1.82) is 5.26 Å². The topological polar surface area (TPSA) is 62.7 Å². The molecule has 0 aromatic carbocycles. The number of halogens is 2. The summed E-state index contributed by atoms with van der Waals surface area (Å²) in [5.74, 6) is -0.150. The monoisotopic (exact) mass is 183 g/mol. The SMILES string of the molecule is Cc1cnc(N)c(C#N)c1C(F)F. The Balaban J connectivity index is 3.46. The van der Waals surface area contributed by atoms with E-state index in [1.807, 2.05) is 0 Å². The number of aryl methyl sites for hydroxylation is 1. The first kappa shape index (κ1) is 9.39. The summed E-state index contributed by atoms with van der Waals surface area (Å²) < 4.78 is 24.8. The van der Waals surface area contributed by atoms with Crippen LogP contribution in [-0.4, -0.2) is 4.98 Å². The number of nitriles is 1. The average molecular weight is 183 g/mol. The molecule has 1 rings (SSSR count). The lowest BCUT2D eigenvalue weighted by molar-refractivity contribution is 0.150. The standard InChI is InChI=1S/C8H7F2N3/c1-4-3-13-8(12)5(2-11)6(4)7(9)10/h3,7H,1H3,(H2,12,13). The van der Waals surface area contributed by atoms with E-state index in [0.717, 1.165) is 0 Å². The highest BCUT2D eigenvalue weighted by Crippen LogP contribution is 2.27. The highest BCUT2D eigenvalue weighted by molar-refractivity contribution is 5.55. The maximum atomic E-state index is 12.4. The van der Waals surface area contributed by atoms with E-state index in [1.54, 1.807) is 6.07 Å². The fourth-order valence-corrected chi connectivity index (χ4v) is 1.03. The van der Waals surface area contributed by atoms with Crippen LogP contribution in [0.3, 0.4) is 0 Å². The van der Waals surface area contributed by atoms with Crippen LogP contribution in [-0.2, 0) is 0 Å². The molecule has 0 aliphatic heterocycles. The number of nitrogens with two attached hydrogens (primary N) is 1. The lowest BCUT2D eigenvalue weighted by atomic mass is 10.1. The largest absolute Gasteiger partial charge is 0.383 e. The first-order valence-electron chi connectivity index (χ1n) is 3.51. The van der Waals surface area contributed by atoms with E-state index in [2.05, 4.69) is 4.98 Å². The fourth-order valence-electron chi connectivity index (χ4n) is 1.03. The summed E-state index contributed by atoms with van der Waals surface area (Å²) in [6.45, 7) is 1.47. The van der Waals surface area contributed by atoms with E-state index in [0.29, 0.717) is 0 Å². The van der Waals surface area contributed by atoms with Crippen LogP contribution in [0.4, 0.5) is 14.6 Å². The van der Waals surface area contributed by atoms with Gasteiger partial charge in [0.1, 0.15) is 17.5 Å². The zero-order valence-electron chi connectivity index (χ0n) is 6.88. The summed E-state index contributed by atoms with van der Waals surface area (Å²) >= 11 is 0. The number of nitrogens with zero attached hydrogens (tertiary/aromatic N) is 2. The summed E-state index contributed by atoms with van der Waals surface area (Å²) in [6, 6.07) is 1.62. The van der Waals surface area contributed by atoms with E-state index in [1.165, 1.54) is 13.1 Å². The number of anilines is 1. The summed E-state index contributed by atoms with van der Waals surface area (Å²) in [4.78, 5) is 3.61. The van der Waals surface area contributed by atoms with Crippen molar-refractivity contribution in [3.8, 4) is 6.07 Å². The number of nitrogen functional groups attached to an aromatic ring is 1. The summed E-state index contributed by atoms with van der Waals surface area (Å²) in [6.07, 6.45) is -1.46. The maximum Gasteiger partial charge on any atom is 0.265 e. The molecule has 0 saturated carbocycles. The first-order chi connectivity index (χ1) is 6.07. The minimum Gasteiger partial charge on any atom is -0.383 e. The van der Waals surface area contributed by atoms with Crippen LogP contribution in [0.1, 0.15) is 23.1 Å². The van der Waals surface area contributed by atoms with Gasteiger partial charge in [-0.3, -0.25) is 0 Å². The molecule has 0 bridgehead atoms. The normalized spacial score (nSPS) is 10.1. The van der Waals surface area contributed by atoms with E-state index in [4.69, 9.17) is 11.0 Å². The van der Waals surface area contributed by atoms with Gasteiger partial charge in [0, 0.05) is 11.8 Å². The molecule has 0 spiro atoms. The summed E-state index contributed by atoms with van der Waals surface area (Å²) in [5, 5.41) is 8.57. The van der Waals surface area contributed by atoms with Gasteiger partial charge in [-0.2, -0.15) is 5.26 Å². The molecule has 0 atom stereocenters. The Morgan fingerprint density at radius 3 is 2.62 bits per heavy atom.